The second kappa shape index (κ2) is 9.12. The topological polar surface area (TPSA) is 47.7 Å². The van der Waals surface area contributed by atoms with Gasteiger partial charge in [-0.3, -0.25) is 4.90 Å². The number of hydrogen-bond acceptors (Lipinski definition) is 4. The van der Waals surface area contributed by atoms with Crippen molar-refractivity contribution in [2.24, 2.45) is 5.73 Å². The smallest absolute Gasteiger partial charge is 0.387 e. The van der Waals surface area contributed by atoms with Crippen molar-refractivity contribution in [2.45, 2.75) is 38.5 Å². The SMILES string of the molecule is COc1ccc(CN2CCCCC2CN)cc1OC(F)F.Cl. The van der Waals surface area contributed by atoms with E-state index in [9.17, 15) is 8.78 Å². The van der Waals surface area contributed by atoms with Crippen molar-refractivity contribution < 1.29 is 18.3 Å². The molecule has 1 aliphatic heterocycles. The maximum atomic E-state index is 12.4. The number of ether oxygens (including phenoxy) is 2. The second-order valence-corrected chi connectivity index (χ2v) is 5.22. The first-order valence-corrected chi connectivity index (χ1v) is 7.20. The summed E-state index contributed by atoms with van der Waals surface area (Å²) in [6.07, 6.45) is 3.43. The van der Waals surface area contributed by atoms with Gasteiger partial charge in [0.05, 0.1) is 7.11 Å². The largest absolute Gasteiger partial charge is 0.493 e. The molecule has 1 aromatic rings. The van der Waals surface area contributed by atoms with Crippen LogP contribution in [-0.2, 0) is 6.54 Å². The minimum absolute atomic E-state index is 0. The Labute approximate surface area is 136 Å². The first-order valence-electron chi connectivity index (χ1n) is 7.20. The van der Waals surface area contributed by atoms with Gasteiger partial charge >= 0.3 is 6.61 Å². The monoisotopic (exact) mass is 336 g/mol. The summed E-state index contributed by atoms with van der Waals surface area (Å²) in [7, 11) is 1.43. The lowest BCUT2D eigenvalue weighted by atomic mass is 10.0. The number of halogens is 3. The number of nitrogens with two attached hydrogens (primary N) is 1. The molecule has 0 aromatic heterocycles. The summed E-state index contributed by atoms with van der Waals surface area (Å²) in [5.41, 5.74) is 6.73. The number of methoxy groups -OCH3 is 1. The van der Waals surface area contributed by atoms with Gasteiger partial charge in [0, 0.05) is 19.1 Å². The van der Waals surface area contributed by atoms with E-state index >= 15 is 0 Å². The van der Waals surface area contributed by atoms with E-state index < -0.39 is 6.61 Å². The molecule has 0 spiro atoms. The first kappa shape index (κ1) is 18.9. The predicted molar refractivity (Wildman–Crippen MR) is 84.0 cm³/mol. The molecule has 7 heteroatoms. The Hall–Kier alpha value is -1.11. The van der Waals surface area contributed by atoms with E-state index in [0.29, 0.717) is 24.9 Å². The van der Waals surface area contributed by atoms with Crippen LogP contribution < -0.4 is 15.2 Å². The molecule has 1 aliphatic rings. The highest BCUT2D eigenvalue weighted by Crippen LogP contribution is 2.30. The molecule has 1 atom stereocenters. The zero-order valence-corrected chi connectivity index (χ0v) is 13.5. The number of hydrogen-bond donors (Lipinski definition) is 1. The lowest BCUT2D eigenvalue weighted by Gasteiger charge is -2.35. The average molecular weight is 337 g/mol. The molecule has 1 aromatic carbocycles. The normalized spacial score (nSPS) is 18.9. The Morgan fingerprint density at radius 3 is 2.73 bits per heavy atom. The van der Waals surface area contributed by atoms with Crippen LogP contribution in [0.3, 0.4) is 0 Å². The number of rotatable bonds is 6. The molecule has 0 radical (unpaired) electrons. The predicted octanol–water partition coefficient (Wildman–Crippen LogP) is 3.03. The number of benzene rings is 1. The van der Waals surface area contributed by atoms with Gasteiger partial charge in [-0.05, 0) is 37.1 Å². The first-order chi connectivity index (χ1) is 10.1. The minimum atomic E-state index is -2.86. The molecule has 126 valence electrons. The van der Waals surface area contributed by atoms with Crippen LogP contribution in [0, 0.1) is 0 Å². The van der Waals surface area contributed by atoms with E-state index in [1.165, 1.54) is 13.5 Å². The van der Waals surface area contributed by atoms with Crippen LogP contribution in [0.1, 0.15) is 24.8 Å². The summed E-state index contributed by atoms with van der Waals surface area (Å²) in [4.78, 5) is 2.30. The fourth-order valence-electron chi connectivity index (χ4n) is 2.78. The van der Waals surface area contributed by atoms with Crippen molar-refractivity contribution in [3.63, 3.8) is 0 Å². The van der Waals surface area contributed by atoms with Crippen molar-refractivity contribution in [1.82, 2.24) is 4.90 Å². The number of likely N-dealkylation sites (tertiary alicyclic amines) is 1. The third-order valence-corrected chi connectivity index (χ3v) is 3.85. The molecule has 2 N–H and O–H groups in total. The van der Waals surface area contributed by atoms with E-state index in [1.54, 1.807) is 12.1 Å². The Balaban J connectivity index is 0.00000242. The fourth-order valence-corrected chi connectivity index (χ4v) is 2.78. The van der Waals surface area contributed by atoms with Gasteiger partial charge in [-0.2, -0.15) is 8.78 Å². The molecule has 1 unspecified atom stereocenters. The molecule has 2 rings (SSSR count). The lowest BCUT2D eigenvalue weighted by Crippen LogP contribution is -2.43. The summed E-state index contributed by atoms with van der Waals surface area (Å²) in [6.45, 7) is -0.568. The third-order valence-electron chi connectivity index (χ3n) is 3.85. The van der Waals surface area contributed by atoms with Crippen LogP contribution in [0.15, 0.2) is 18.2 Å². The molecule has 1 fully saturated rings. The molecule has 0 saturated carbocycles. The summed E-state index contributed by atoms with van der Waals surface area (Å²) < 4.78 is 34.4. The van der Waals surface area contributed by atoms with Gasteiger partial charge < -0.3 is 15.2 Å². The molecule has 0 bridgehead atoms. The van der Waals surface area contributed by atoms with E-state index in [2.05, 4.69) is 9.64 Å². The highest BCUT2D eigenvalue weighted by molar-refractivity contribution is 5.85. The van der Waals surface area contributed by atoms with Crippen molar-refractivity contribution >= 4 is 12.4 Å². The molecule has 4 nitrogen and oxygen atoms in total. The molecule has 22 heavy (non-hydrogen) atoms. The van der Waals surface area contributed by atoms with Gasteiger partial charge in [0.15, 0.2) is 11.5 Å². The Morgan fingerprint density at radius 1 is 1.32 bits per heavy atom. The Morgan fingerprint density at radius 2 is 2.09 bits per heavy atom. The van der Waals surface area contributed by atoms with Crippen LogP contribution in [0.4, 0.5) is 8.78 Å². The van der Waals surface area contributed by atoms with Gasteiger partial charge in [-0.15, -0.1) is 12.4 Å². The van der Waals surface area contributed by atoms with Crippen LogP contribution in [0.5, 0.6) is 11.5 Å². The van der Waals surface area contributed by atoms with Crippen molar-refractivity contribution in [3.05, 3.63) is 23.8 Å². The average Bonchev–Trinajstić information content (AvgIpc) is 2.47. The van der Waals surface area contributed by atoms with Crippen molar-refractivity contribution in [3.8, 4) is 11.5 Å². The highest BCUT2D eigenvalue weighted by Gasteiger charge is 2.21. The van der Waals surface area contributed by atoms with Gasteiger partial charge in [0.2, 0.25) is 0 Å². The molecule has 0 amide bonds. The Kier molecular flexibility index (Phi) is 7.85. The summed E-state index contributed by atoms with van der Waals surface area (Å²) in [6, 6.07) is 5.52. The highest BCUT2D eigenvalue weighted by atomic mass is 35.5. The van der Waals surface area contributed by atoms with E-state index in [4.69, 9.17) is 10.5 Å². The molecular formula is C15H23ClF2N2O2. The van der Waals surface area contributed by atoms with Crippen LogP contribution in [0.2, 0.25) is 0 Å². The maximum absolute atomic E-state index is 12.4. The van der Waals surface area contributed by atoms with Crippen molar-refractivity contribution in [2.75, 3.05) is 20.2 Å². The van der Waals surface area contributed by atoms with Gasteiger partial charge in [-0.1, -0.05) is 12.5 Å². The van der Waals surface area contributed by atoms with Gasteiger partial charge in [0.25, 0.3) is 0 Å². The zero-order valence-electron chi connectivity index (χ0n) is 12.6. The summed E-state index contributed by atoms with van der Waals surface area (Å²) in [5, 5.41) is 0. The molecule has 0 aliphatic carbocycles. The molecule has 1 heterocycles. The number of nitrogens with zero attached hydrogens (tertiary/aromatic N) is 1. The molecular weight excluding hydrogens is 314 g/mol. The van der Waals surface area contributed by atoms with Gasteiger partial charge in [-0.25, -0.2) is 0 Å². The lowest BCUT2D eigenvalue weighted by molar-refractivity contribution is -0.0512. The fraction of sp³-hybridized carbons (Fsp3) is 0.600. The van der Waals surface area contributed by atoms with E-state index in [0.717, 1.165) is 24.9 Å². The van der Waals surface area contributed by atoms with Crippen LogP contribution in [-0.4, -0.2) is 37.8 Å². The zero-order chi connectivity index (χ0) is 15.2. The standard InChI is InChI=1S/C15H22F2N2O2.ClH/c1-20-13-6-5-11(8-14(13)21-15(16)17)10-19-7-3-2-4-12(19)9-18;/h5-6,8,12,15H,2-4,7,9-10,18H2,1H3;1H. The number of piperidine rings is 1. The summed E-state index contributed by atoms with van der Waals surface area (Å²) >= 11 is 0. The third kappa shape index (κ3) is 4.97. The van der Waals surface area contributed by atoms with Crippen LogP contribution in [0.25, 0.3) is 0 Å². The van der Waals surface area contributed by atoms with E-state index in [1.807, 2.05) is 6.07 Å². The summed E-state index contributed by atoms with van der Waals surface area (Å²) in [5.74, 6) is 0.388. The van der Waals surface area contributed by atoms with Crippen molar-refractivity contribution in [1.29, 1.82) is 0 Å². The minimum Gasteiger partial charge on any atom is -0.493 e. The molecule has 1 saturated heterocycles. The Bertz CT molecular complexity index is 463. The van der Waals surface area contributed by atoms with E-state index in [-0.39, 0.29) is 18.2 Å². The van der Waals surface area contributed by atoms with Crippen LogP contribution >= 0.6 is 12.4 Å². The second-order valence-electron chi connectivity index (χ2n) is 5.22. The quantitative estimate of drug-likeness (QED) is 0.867. The number of alkyl halides is 2. The maximum Gasteiger partial charge on any atom is 0.387 e. The van der Waals surface area contributed by atoms with Gasteiger partial charge in [0.1, 0.15) is 0 Å².